The number of benzene rings is 1. The minimum Gasteiger partial charge on any atom is -0.342 e. The average Bonchev–Trinajstić information content (AvgIpc) is 3.62. The summed E-state index contributed by atoms with van der Waals surface area (Å²) in [5, 5.41) is 27.7. The van der Waals surface area contributed by atoms with Crippen molar-refractivity contribution < 1.29 is 28.6 Å². The van der Waals surface area contributed by atoms with E-state index in [9.17, 15) is 10.1 Å². The molecular formula is C24H29N7O7. The molecule has 202 valence electrons. The maximum absolute atomic E-state index is 10.9. The lowest BCUT2D eigenvalue weighted by Crippen LogP contribution is -2.56. The summed E-state index contributed by atoms with van der Waals surface area (Å²) in [4.78, 5) is 10.4. The zero-order valence-corrected chi connectivity index (χ0v) is 21.5. The highest BCUT2D eigenvalue weighted by molar-refractivity contribution is 5.40. The van der Waals surface area contributed by atoms with Gasteiger partial charge in [0.25, 0.3) is 5.69 Å². The van der Waals surface area contributed by atoms with Gasteiger partial charge < -0.3 is 23.7 Å². The van der Waals surface area contributed by atoms with Gasteiger partial charge in [0, 0.05) is 12.1 Å². The van der Waals surface area contributed by atoms with Crippen LogP contribution in [0, 0.1) is 10.1 Å². The van der Waals surface area contributed by atoms with Crippen LogP contribution < -0.4 is 0 Å². The molecule has 14 heteroatoms. The van der Waals surface area contributed by atoms with Gasteiger partial charge in [0.2, 0.25) is 0 Å². The summed E-state index contributed by atoms with van der Waals surface area (Å²) in [6, 6.07) is 6.14. The van der Waals surface area contributed by atoms with Crippen LogP contribution >= 0.6 is 0 Å². The monoisotopic (exact) mass is 527 g/mol. The van der Waals surface area contributed by atoms with Crippen molar-refractivity contribution in [2.45, 2.75) is 89.4 Å². The molecule has 3 aliphatic heterocycles. The third-order valence-electron chi connectivity index (χ3n) is 6.80. The number of aromatic nitrogens is 6. The highest BCUT2D eigenvalue weighted by Gasteiger charge is 2.60. The summed E-state index contributed by atoms with van der Waals surface area (Å²) < 4.78 is 34.2. The van der Waals surface area contributed by atoms with Crippen molar-refractivity contribution in [1.29, 1.82) is 0 Å². The van der Waals surface area contributed by atoms with Crippen molar-refractivity contribution in [3.63, 3.8) is 0 Å². The molecule has 0 aliphatic carbocycles. The van der Waals surface area contributed by atoms with Gasteiger partial charge in [-0.2, -0.15) is 0 Å². The number of aryl methyl sites for hydroxylation is 2. The lowest BCUT2D eigenvalue weighted by molar-refractivity contribution is -0.384. The second kappa shape index (κ2) is 9.17. The molecule has 0 bridgehead atoms. The Bertz CT molecular complexity index is 1320. The topological polar surface area (TPSA) is 151 Å². The van der Waals surface area contributed by atoms with Crippen LogP contribution in [0.4, 0.5) is 5.69 Å². The number of hydrogen-bond donors (Lipinski definition) is 0. The van der Waals surface area contributed by atoms with Crippen LogP contribution in [0.5, 0.6) is 0 Å². The van der Waals surface area contributed by atoms with Crippen LogP contribution in [0.25, 0.3) is 5.69 Å². The highest BCUT2D eigenvalue weighted by atomic mass is 16.9. The normalized spacial score (nSPS) is 29.2. The molecule has 1 aromatic carbocycles. The average molecular weight is 528 g/mol. The van der Waals surface area contributed by atoms with Crippen LogP contribution in [0.2, 0.25) is 0 Å². The molecule has 38 heavy (non-hydrogen) atoms. The molecule has 3 aliphatic rings. The van der Waals surface area contributed by atoms with Gasteiger partial charge >= 0.3 is 0 Å². The van der Waals surface area contributed by atoms with Gasteiger partial charge in [-0.25, -0.2) is 9.36 Å². The Balaban J connectivity index is 1.13. The second-order valence-corrected chi connectivity index (χ2v) is 10.5. The van der Waals surface area contributed by atoms with Crippen LogP contribution in [0.3, 0.4) is 0 Å². The van der Waals surface area contributed by atoms with E-state index in [0.29, 0.717) is 25.1 Å². The molecule has 0 N–H and O–H groups in total. The maximum atomic E-state index is 10.9. The van der Waals surface area contributed by atoms with E-state index >= 15 is 0 Å². The number of nitrogens with zero attached hydrogens (tertiary/aromatic N) is 7. The minimum atomic E-state index is -0.783. The van der Waals surface area contributed by atoms with E-state index < -0.39 is 22.8 Å². The summed E-state index contributed by atoms with van der Waals surface area (Å²) in [6.07, 6.45) is 2.70. The number of nitro benzene ring substituents is 1. The first-order valence-electron chi connectivity index (χ1n) is 12.5. The minimum absolute atomic E-state index is 0.0208. The fourth-order valence-corrected chi connectivity index (χ4v) is 5.16. The largest absolute Gasteiger partial charge is 0.342 e. The van der Waals surface area contributed by atoms with Gasteiger partial charge in [-0.05, 0) is 52.7 Å². The van der Waals surface area contributed by atoms with E-state index in [-0.39, 0.29) is 30.1 Å². The molecule has 0 spiro atoms. The molecule has 0 saturated carbocycles. The van der Waals surface area contributed by atoms with Crippen molar-refractivity contribution >= 4 is 5.69 Å². The Morgan fingerprint density at radius 1 is 0.947 bits per heavy atom. The van der Waals surface area contributed by atoms with E-state index in [2.05, 4.69) is 20.6 Å². The molecule has 5 heterocycles. The lowest BCUT2D eigenvalue weighted by atomic mass is 9.99. The van der Waals surface area contributed by atoms with Crippen molar-refractivity contribution in [1.82, 2.24) is 30.0 Å². The molecule has 3 aromatic rings. The predicted octanol–water partition coefficient (Wildman–Crippen LogP) is 1.95. The summed E-state index contributed by atoms with van der Waals surface area (Å²) in [5.41, 5.74) is 2.37. The van der Waals surface area contributed by atoms with E-state index in [1.807, 2.05) is 27.7 Å². The van der Waals surface area contributed by atoms with Crippen LogP contribution in [-0.4, -0.2) is 77.2 Å². The molecule has 14 nitrogen and oxygen atoms in total. The molecule has 0 unspecified atom stereocenters. The third-order valence-corrected chi connectivity index (χ3v) is 6.80. The fraction of sp³-hybridized carbons (Fsp3) is 0.583. The number of nitro groups is 1. The van der Waals surface area contributed by atoms with Crippen molar-refractivity contribution in [3.05, 3.63) is 58.2 Å². The smallest absolute Gasteiger partial charge is 0.269 e. The van der Waals surface area contributed by atoms with Crippen molar-refractivity contribution in [3.8, 4) is 5.69 Å². The number of ether oxygens (including phenoxy) is 5. The maximum Gasteiger partial charge on any atom is 0.269 e. The van der Waals surface area contributed by atoms with E-state index in [0.717, 1.165) is 11.4 Å². The summed E-state index contributed by atoms with van der Waals surface area (Å²) in [7, 11) is 0. The van der Waals surface area contributed by atoms with Gasteiger partial charge in [0.15, 0.2) is 17.9 Å². The third kappa shape index (κ3) is 4.80. The van der Waals surface area contributed by atoms with Crippen LogP contribution in [0.1, 0.15) is 39.1 Å². The molecule has 0 radical (unpaired) electrons. The number of non-ortho nitro benzene ring substituents is 1. The Morgan fingerprint density at radius 2 is 1.66 bits per heavy atom. The highest BCUT2D eigenvalue weighted by Crippen LogP contribution is 2.44. The Morgan fingerprint density at radius 3 is 2.42 bits per heavy atom. The molecular weight excluding hydrogens is 498 g/mol. The van der Waals surface area contributed by atoms with Crippen molar-refractivity contribution in [2.75, 3.05) is 0 Å². The quantitative estimate of drug-likeness (QED) is 0.327. The zero-order valence-electron chi connectivity index (χ0n) is 21.5. The second-order valence-electron chi connectivity index (χ2n) is 10.5. The van der Waals surface area contributed by atoms with E-state index in [1.165, 1.54) is 12.1 Å². The van der Waals surface area contributed by atoms with E-state index in [1.54, 1.807) is 33.9 Å². The number of fused-ring (bicyclic) bond motifs is 3. The molecule has 3 saturated heterocycles. The molecule has 6 rings (SSSR count). The molecule has 5 atom stereocenters. The van der Waals surface area contributed by atoms with Gasteiger partial charge in [0.05, 0.1) is 40.9 Å². The molecule has 2 aromatic heterocycles. The Hall–Kier alpha value is -3.30. The Labute approximate surface area is 217 Å². The zero-order chi connectivity index (χ0) is 26.7. The summed E-state index contributed by atoms with van der Waals surface area (Å²) >= 11 is 0. The first-order chi connectivity index (χ1) is 18.1. The van der Waals surface area contributed by atoms with Crippen molar-refractivity contribution in [2.24, 2.45) is 0 Å². The first kappa shape index (κ1) is 25.0. The van der Waals surface area contributed by atoms with Gasteiger partial charge in [-0.3, -0.25) is 10.1 Å². The van der Waals surface area contributed by atoms with Gasteiger partial charge in [-0.1, -0.05) is 10.4 Å². The summed E-state index contributed by atoms with van der Waals surface area (Å²) in [5.74, 6) is -1.56. The first-order valence-corrected chi connectivity index (χ1v) is 12.5. The number of rotatable bonds is 7. The van der Waals surface area contributed by atoms with Crippen LogP contribution in [-0.2, 0) is 43.1 Å². The fourth-order valence-electron chi connectivity index (χ4n) is 5.16. The Kier molecular flexibility index (Phi) is 6.03. The SMILES string of the molecule is CC1(C)O[C@H]2[C@@H](O1)[C@@H](Cn1nncc1CCc1cn(-c3ccc([N+](=O)[O-])cc3)nn1)O[C@@H]1OC(C)(C)O[C@@H]12. The summed E-state index contributed by atoms with van der Waals surface area (Å²) in [6.45, 7) is 7.87. The number of hydrogen-bond acceptors (Lipinski definition) is 11. The van der Waals surface area contributed by atoms with E-state index in [4.69, 9.17) is 23.7 Å². The standard InChI is InChI=1S/C24H29N7O7/c1-23(2)35-19-18(34-22-21(20(19)36-23)37-24(3,4)38-22)13-30-17(11-25-27-30)6-5-14-12-29(28-26-14)15-7-9-16(10-8-15)31(32)33/h7-12,18-22H,5-6,13H2,1-4H3/t18-,19+,20+,21-,22-/m1/s1. The predicted molar refractivity (Wildman–Crippen MR) is 128 cm³/mol. The van der Waals surface area contributed by atoms with Gasteiger partial charge in [-0.15, -0.1) is 10.2 Å². The molecule has 3 fully saturated rings. The molecule has 0 amide bonds. The van der Waals surface area contributed by atoms with Crippen LogP contribution in [0.15, 0.2) is 36.7 Å². The van der Waals surface area contributed by atoms with Gasteiger partial charge in [0.1, 0.15) is 24.4 Å². The lowest BCUT2D eigenvalue weighted by Gasteiger charge is -2.37.